The van der Waals surface area contributed by atoms with Crippen LogP contribution >= 0.6 is 0 Å². The van der Waals surface area contributed by atoms with Crippen LogP contribution in [0, 0.1) is 0 Å². The number of halogens is 3. The smallest absolute Gasteiger partial charge is 0.442 e. The Kier molecular flexibility index (Phi) is 6.02. The van der Waals surface area contributed by atoms with Crippen molar-refractivity contribution < 1.29 is 32.2 Å². The van der Waals surface area contributed by atoms with Gasteiger partial charge in [0.2, 0.25) is 11.8 Å². The second kappa shape index (κ2) is 9.17. The van der Waals surface area contributed by atoms with Gasteiger partial charge in [0.25, 0.3) is 0 Å². The summed E-state index contributed by atoms with van der Waals surface area (Å²) >= 11 is 0. The number of anilines is 1. The Balaban J connectivity index is 1.42. The standard InChI is InChI=1S/C24H22F3N5O4/c1-13(33)29-11-17-12-32(23(34)35-17)16-5-6-18-14(9-16)3-2-4-19-21(30-31-22(18)19)15-7-8-28-20(10-15)36-24(25,26)27/h5-10,17H,2-4,11-12H2,1H3,(H,29,33)(H,30,31). The first-order chi connectivity index (χ1) is 17.2. The van der Waals surface area contributed by atoms with E-state index in [-0.39, 0.29) is 12.5 Å². The summed E-state index contributed by atoms with van der Waals surface area (Å²) in [4.78, 5) is 28.8. The molecule has 0 bridgehead atoms. The number of alkyl halides is 3. The molecule has 12 heteroatoms. The van der Waals surface area contributed by atoms with Crippen LogP contribution in [-0.2, 0) is 22.4 Å². The monoisotopic (exact) mass is 501 g/mol. The number of aryl methyl sites for hydroxylation is 1. The molecule has 1 fully saturated rings. The Hall–Kier alpha value is -4.09. The van der Waals surface area contributed by atoms with E-state index < -0.39 is 24.4 Å². The van der Waals surface area contributed by atoms with Crippen LogP contribution in [0.3, 0.4) is 0 Å². The molecule has 3 aromatic rings. The number of aromatic nitrogens is 3. The number of aromatic amines is 1. The second-order valence-corrected chi connectivity index (χ2v) is 8.60. The molecule has 1 atom stereocenters. The molecule has 1 saturated heterocycles. The maximum atomic E-state index is 12.6. The van der Waals surface area contributed by atoms with E-state index in [9.17, 15) is 22.8 Å². The fourth-order valence-electron chi connectivity index (χ4n) is 4.55. The van der Waals surface area contributed by atoms with Crippen LogP contribution in [0.15, 0.2) is 36.5 Å². The number of ether oxygens (including phenoxy) is 2. The van der Waals surface area contributed by atoms with Gasteiger partial charge in [0, 0.05) is 41.6 Å². The van der Waals surface area contributed by atoms with Gasteiger partial charge in [-0.15, -0.1) is 13.2 Å². The zero-order valence-electron chi connectivity index (χ0n) is 19.2. The number of nitrogens with one attached hydrogen (secondary N) is 2. The third-order valence-corrected chi connectivity index (χ3v) is 6.09. The number of nitrogens with zero attached hydrogens (tertiary/aromatic N) is 3. The van der Waals surface area contributed by atoms with Gasteiger partial charge in [-0.2, -0.15) is 5.10 Å². The van der Waals surface area contributed by atoms with Crippen molar-refractivity contribution in [3.8, 4) is 28.4 Å². The number of carbonyl (C=O) groups excluding carboxylic acids is 2. The van der Waals surface area contributed by atoms with Crippen LogP contribution in [0.25, 0.3) is 22.5 Å². The van der Waals surface area contributed by atoms with Gasteiger partial charge >= 0.3 is 12.5 Å². The van der Waals surface area contributed by atoms with Gasteiger partial charge in [-0.1, -0.05) is 6.07 Å². The predicted octanol–water partition coefficient (Wildman–Crippen LogP) is 3.99. The van der Waals surface area contributed by atoms with Crippen LogP contribution in [0.1, 0.15) is 24.5 Å². The molecule has 3 heterocycles. The predicted molar refractivity (Wildman–Crippen MR) is 122 cm³/mol. The number of rotatable bonds is 5. The molecule has 1 aromatic carbocycles. The molecular weight excluding hydrogens is 479 g/mol. The Labute approximate surface area is 203 Å². The number of hydrogen-bond donors (Lipinski definition) is 2. The van der Waals surface area contributed by atoms with Crippen molar-refractivity contribution in [3.63, 3.8) is 0 Å². The number of hydrogen-bond acceptors (Lipinski definition) is 6. The topological polar surface area (TPSA) is 109 Å². The first kappa shape index (κ1) is 23.6. The van der Waals surface area contributed by atoms with Gasteiger partial charge in [0.1, 0.15) is 6.10 Å². The lowest BCUT2D eigenvalue weighted by Crippen LogP contribution is -2.33. The molecule has 0 radical (unpaired) electrons. The van der Waals surface area contributed by atoms with Crippen LogP contribution in [0.5, 0.6) is 5.88 Å². The van der Waals surface area contributed by atoms with Crippen molar-refractivity contribution in [1.82, 2.24) is 20.5 Å². The van der Waals surface area contributed by atoms with E-state index in [1.807, 2.05) is 18.2 Å². The molecule has 36 heavy (non-hydrogen) atoms. The van der Waals surface area contributed by atoms with E-state index in [1.54, 1.807) is 6.07 Å². The van der Waals surface area contributed by atoms with Crippen LogP contribution < -0.4 is 15.0 Å². The third kappa shape index (κ3) is 4.83. The van der Waals surface area contributed by atoms with Gasteiger partial charge in [0.05, 0.1) is 24.5 Å². The Morgan fingerprint density at radius 1 is 1.28 bits per heavy atom. The van der Waals surface area contributed by atoms with E-state index in [4.69, 9.17) is 4.74 Å². The molecule has 1 aliphatic carbocycles. The Bertz CT molecular complexity index is 1320. The van der Waals surface area contributed by atoms with E-state index in [2.05, 4.69) is 25.2 Å². The molecule has 2 aliphatic rings. The van der Waals surface area contributed by atoms with Crippen molar-refractivity contribution in [1.29, 1.82) is 0 Å². The lowest BCUT2D eigenvalue weighted by atomic mass is 9.99. The molecule has 188 valence electrons. The molecule has 0 saturated carbocycles. The number of benzene rings is 1. The van der Waals surface area contributed by atoms with Crippen molar-refractivity contribution in [2.45, 2.75) is 38.7 Å². The fourth-order valence-corrected chi connectivity index (χ4v) is 4.55. The second-order valence-electron chi connectivity index (χ2n) is 8.60. The van der Waals surface area contributed by atoms with Crippen LogP contribution in [-0.4, -0.2) is 52.7 Å². The minimum absolute atomic E-state index is 0.194. The molecule has 1 unspecified atom stereocenters. The van der Waals surface area contributed by atoms with Gasteiger partial charge in [-0.25, -0.2) is 9.78 Å². The number of cyclic esters (lactones) is 1. The normalized spacial score (nSPS) is 17.2. The average Bonchev–Trinajstić information content (AvgIpc) is 3.35. The maximum absolute atomic E-state index is 12.6. The molecule has 1 aliphatic heterocycles. The van der Waals surface area contributed by atoms with Crippen LogP contribution in [0.2, 0.25) is 0 Å². The van der Waals surface area contributed by atoms with E-state index in [1.165, 1.54) is 24.1 Å². The minimum atomic E-state index is -4.84. The first-order valence-corrected chi connectivity index (χ1v) is 11.3. The summed E-state index contributed by atoms with van der Waals surface area (Å²) in [6.07, 6.45) is -2.32. The number of pyridine rings is 1. The molecule has 2 amide bonds. The van der Waals surface area contributed by atoms with Crippen molar-refractivity contribution >= 4 is 17.7 Å². The molecule has 2 N–H and O–H groups in total. The highest BCUT2D eigenvalue weighted by Crippen LogP contribution is 2.38. The summed E-state index contributed by atoms with van der Waals surface area (Å²) in [5, 5.41) is 10.1. The lowest BCUT2D eigenvalue weighted by Gasteiger charge is -2.16. The molecule has 9 nitrogen and oxygen atoms in total. The van der Waals surface area contributed by atoms with E-state index >= 15 is 0 Å². The zero-order valence-corrected chi connectivity index (χ0v) is 19.2. The summed E-state index contributed by atoms with van der Waals surface area (Å²) in [5.74, 6) is -0.746. The van der Waals surface area contributed by atoms with Crippen molar-refractivity contribution in [2.24, 2.45) is 0 Å². The summed E-state index contributed by atoms with van der Waals surface area (Å²) < 4.78 is 47.2. The number of H-pyrrole nitrogens is 1. The van der Waals surface area contributed by atoms with E-state index in [0.717, 1.165) is 35.2 Å². The summed E-state index contributed by atoms with van der Waals surface area (Å²) in [7, 11) is 0. The Morgan fingerprint density at radius 2 is 2.11 bits per heavy atom. The lowest BCUT2D eigenvalue weighted by molar-refractivity contribution is -0.276. The molecule has 5 rings (SSSR count). The highest BCUT2D eigenvalue weighted by atomic mass is 19.4. The van der Waals surface area contributed by atoms with Gasteiger partial charge in [0.15, 0.2) is 0 Å². The average molecular weight is 501 g/mol. The fraction of sp³-hybridized carbons (Fsp3) is 0.333. The number of fused-ring (bicyclic) bond motifs is 3. The van der Waals surface area contributed by atoms with Gasteiger partial charge in [-0.3, -0.25) is 14.8 Å². The first-order valence-electron chi connectivity index (χ1n) is 11.3. The highest BCUT2D eigenvalue weighted by Gasteiger charge is 2.34. The maximum Gasteiger partial charge on any atom is 0.574 e. The minimum Gasteiger partial charge on any atom is -0.442 e. The highest BCUT2D eigenvalue weighted by molar-refractivity contribution is 5.91. The van der Waals surface area contributed by atoms with Crippen molar-refractivity contribution in [2.75, 3.05) is 18.0 Å². The molecule has 2 aromatic heterocycles. The van der Waals surface area contributed by atoms with Crippen LogP contribution in [0.4, 0.5) is 23.7 Å². The van der Waals surface area contributed by atoms with Gasteiger partial charge < -0.3 is 14.8 Å². The Morgan fingerprint density at radius 3 is 2.89 bits per heavy atom. The largest absolute Gasteiger partial charge is 0.574 e. The van der Waals surface area contributed by atoms with Gasteiger partial charge in [-0.05, 0) is 43.0 Å². The van der Waals surface area contributed by atoms with E-state index in [0.29, 0.717) is 29.9 Å². The number of amides is 2. The number of carbonyl (C=O) groups is 2. The molecule has 0 spiro atoms. The SMILES string of the molecule is CC(=O)NCC1CN(c2ccc3c(c2)CCCc2c(-c4ccnc(OC(F)(F)F)c4)n[nH]c2-3)C(=O)O1. The zero-order chi connectivity index (χ0) is 25.4. The molecular formula is C24H22F3N5O4. The summed E-state index contributed by atoms with van der Waals surface area (Å²) in [5.41, 5.74) is 5.29. The summed E-state index contributed by atoms with van der Waals surface area (Å²) in [6, 6.07) is 8.46. The summed E-state index contributed by atoms with van der Waals surface area (Å²) in [6.45, 7) is 1.97. The third-order valence-electron chi connectivity index (χ3n) is 6.09. The van der Waals surface area contributed by atoms with Crippen molar-refractivity contribution in [3.05, 3.63) is 47.7 Å². The quantitative estimate of drug-likeness (QED) is 0.547.